The van der Waals surface area contributed by atoms with Gasteiger partial charge in [-0.15, -0.1) is 0 Å². The van der Waals surface area contributed by atoms with Crippen molar-refractivity contribution in [1.82, 2.24) is 9.55 Å². The molecule has 0 bridgehead atoms. The van der Waals surface area contributed by atoms with Crippen LogP contribution in [0.3, 0.4) is 0 Å². The fourth-order valence-electron chi connectivity index (χ4n) is 1.87. The lowest BCUT2D eigenvalue weighted by molar-refractivity contribution is 0.518. The van der Waals surface area contributed by atoms with Crippen LogP contribution in [0.4, 0.5) is 0 Å². The lowest BCUT2D eigenvalue weighted by atomic mass is 10.2. The molecule has 0 radical (unpaired) electrons. The number of hydrogen-bond donors (Lipinski definition) is 0. The molecule has 0 aliphatic heterocycles. The average molecular weight is 262 g/mol. The maximum Gasteiger partial charge on any atom is 0.262 e. The average Bonchev–Trinajstić information content (AvgIpc) is 2.27. The first-order chi connectivity index (χ1) is 8.50. The van der Waals surface area contributed by atoms with Crippen LogP contribution in [0.5, 0.6) is 0 Å². The number of benzene rings is 1. The Morgan fingerprint density at radius 3 is 2.44 bits per heavy atom. The summed E-state index contributed by atoms with van der Waals surface area (Å²) in [7, 11) is 0. The van der Waals surface area contributed by atoms with E-state index in [4.69, 9.17) is 0 Å². The van der Waals surface area contributed by atoms with Crippen LogP contribution in [0.25, 0.3) is 10.9 Å². The van der Waals surface area contributed by atoms with E-state index in [1.165, 1.54) is 0 Å². The van der Waals surface area contributed by atoms with E-state index >= 15 is 0 Å². The smallest absolute Gasteiger partial charge is 0.262 e. The molecule has 0 saturated heterocycles. The highest BCUT2D eigenvalue weighted by Crippen LogP contribution is 2.24. The normalized spacial score (nSPS) is 11.7. The molecular weight excluding hydrogens is 244 g/mol. The zero-order valence-electron chi connectivity index (χ0n) is 11.2. The van der Waals surface area contributed by atoms with Gasteiger partial charge in [0, 0.05) is 11.3 Å². The highest BCUT2D eigenvalue weighted by atomic mass is 32.2. The minimum absolute atomic E-state index is 0.0544. The molecule has 2 rings (SSSR count). The van der Waals surface area contributed by atoms with Gasteiger partial charge in [-0.3, -0.25) is 9.36 Å². The summed E-state index contributed by atoms with van der Waals surface area (Å²) in [5.41, 5.74) is 0.835. The third-order valence-electron chi connectivity index (χ3n) is 2.63. The van der Waals surface area contributed by atoms with Crippen LogP contribution in [-0.4, -0.2) is 14.8 Å². The number of nitrogens with zero attached hydrogens (tertiary/aromatic N) is 2. The number of hydrogen-bond acceptors (Lipinski definition) is 3. The van der Waals surface area contributed by atoms with E-state index < -0.39 is 0 Å². The highest BCUT2D eigenvalue weighted by molar-refractivity contribution is 7.99. The molecule has 0 N–H and O–H groups in total. The van der Waals surface area contributed by atoms with Crippen LogP contribution in [-0.2, 0) is 0 Å². The summed E-state index contributed by atoms with van der Waals surface area (Å²) < 4.78 is 1.78. The zero-order valence-corrected chi connectivity index (χ0v) is 12.0. The van der Waals surface area contributed by atoms with Crippen molar-refractivity contribution in [2.24, 2.45) is 0 Å². The molecular formula is C14H18N2OS. The van der Waals surface area contributed by atoms with Crippen molar-refractivity contribution >= 4 is 22.7 Å². The van der Waals surface area contributed by atoms with Gasteiger partial charge in [-0.1, -0.05) is 37.7 Å². The summed E-state index contributed by atoms with van der Waals surface area (Å²) in [5, 5.41) is 1.91. The second-order valence-electron chi connectivity index (χ2n) is 4.85. The van der Waals surface area contributed by atoms with E-state index in [1.807, 2.05) is 38.1 Å². The third kappa shape index (κ3) is 2.43. The van der Waals surface area contributed by atoms with Gasteiger partial charge in [0.05, 0.1) is 10.9 Å². The van der Waals surface area contributed by atoms with Gasteiger partial charge in [-0.25, -0.2) is 4.98 Å². The van der Waals surface area contributed by atoms with Crippen molar-refractivity contribution in [1.29, 1.82) is 0 Å². The number of rotatable bonds is 3. The topological polar surface area (TPSA) is 34.9 Å². The largest absolute Gasteiger partial charge is 0.285 e. The maximum atomic E-state index is 12.5. The number of thioether (sulfide) groups is 1. The zero-order chi connectivity index (χ0) is 13.3. The maximum absolute atomic E-state index is 12.5. The molecule has 0 atom stereocenters. The predicted molar refractivity (Wildman–Crippen MR) is 77.4 cm³/mol. The SMILES string of the molecule is CC(C)Sc1nc2ccccc2c(=O)n1C(C)C. The molecule has 0 spiro atoms. The second kappa shape index (κ2) is 5.14. The van der Waals surface area contributed by atoms with E-state index in [1.54, 1.807) is 16.3 Å². The molecule has 4 heteroatoms. The van der Waals surface area contributed by atoms with Gasteiger partial charge in [0.2, 0.25) is 0 Å². The van der Waals surface area contributed by atoms with Crippen molar-refractivity contribution in [3.63, 3.8) is 0 Å². The van der Waals surface area contributed by atoms with Gasteiger partial charge in [0.15, 0.2) is 5.16 Å². The van der Waals surface area contributed by atoms with Crippen molar-refractivity contribution in [2.75, 3.05) is 0 Å². The minimum Gasteiger partial charge on any atom is -0.285 e. The fraction of sp³-hybridized carbons (Fsp3) is 0.429. The molecule has 2 aromatic rings. The van der Waals surface area contributed by atoms with Gasteiger partial charge >= 0.3 is 0 Å². The number of aromatic nitrogens is 2. The third-order valence-corrected chi connectivity index (χ3v) is 3.60. The van der Waals surface area contributed by atoms with E-state index in [0.717, 1.165) is 10.7 Å². The van der Waals surface area contributed by atoms with E-state index in [0.29, 0.717) is 10.6 Å². The van der Waals surface area contributed by atoms with E-state index in [-0.39, 0.29) is 11.6 Å². The molecule has 18 heavy (non-hydrogen) atoms. The molecule has 0 aliphatic carbocycles. The first-order valence-electron chi connectivity index (χ1n) is 6.18. The molecule has 0 saturated carbocycles. The highest BCUT2D eigenvalue weighted by Gasteiger charge is 2.14. The van der Waals surface area contributed by atoms with E-state index in [9.17, 15) is 4.79 Å². The van der Waals surface area contributed by atoms with E-state index in [2.05, 4.69) is 18.8 Å². The summed E-state index contributed by atoms with van der Waals surface area (Å²) in [4.78, 5) is 17.1. The van der Waals surface area contributed by atoms with Gasteiger partial charge in [0.25, 0.3) is 5.56 Å². The second-order valence-corrected chi connectivity index (χ2v) is 6.39. The van der Waals surface area contributed by atoms with Gasteiger partial charge in [0.1, 0.15) is 0 Å². The summed E-state index contributed by atoms with van der Waals surface area (Å²) in [6, 6.07) is 7.65. The molecule has 1 heterocycles. The van der Waals surface area contributed by atoms with Crippen molar-refractivity contribution < 1.29 is 0 Å². The lowest BCUT2D eigenvalue weighted by Gasteiger charge is -2.17. The fourth-order valence-corrected chi connectivity index (χ4v) is 2.85. The van der Waals surface area contributed by atoms with Crippen LogP contribution in [0.2, 0.25) is 0 Å². The first kappa shape index (κ1) is 13.1. The molecule has 0 fully saturated rings. The molecule has 96 valence electrons. The summed E-state index contributed by atoms with van der Waals surface area (Å²) in [6.07, 6.45) is 0. The molecule has 1 aromatic carbocycles. The summed E-state index contributed by atoms with van der Waals surface area (Å²) in [5.74, 6) is 0. The first-order valence-corrected chi connectivity index (χ1v) is 7.06. The monoisotopic (exact) mass is 262 g/mol. The Bertz CT molecular complexity index is 617. The van der Waals surface area contributed by atoms with Crippen LogP contribution in [0, 0.1) is 0 Å². The number of para-hydroxylation sites is 1. The molecule has 0 unspecified atom stereocenters. The van der Waals surface area contributed by atoms with Gasteiger partial charge < -0.3 is 0 Å². The Kier molecular flexibility index (Phi) is 3.76. The van der Waals surface area contributed by atoms with Crippen LogP contribution < -0.4 is 5.56 Å². The van der Waals surface area contributed by atoms with Crippen molar-refractivity contribution in [3.8, 4) is 0 Å². The Morgan fingerprint density at radius 1 is 1.17 bits per heavy atom. The van der Waals surface area contributed by atoms with Crippen molar-refractivity contribution in [2.45, 2.75) is 44.1 Å². The summed E-state index contributed by atoms with van der Waals surface area (Å²) >= 11 is 1.63. The Morgan fingerprint density at radius 2 is 1.83 bits per heavy atom. The molecule has 3 nitrogen and oxygen atoms in total. The number of fused-ring (bicyclic) bond motifs is 1. The van der Waals surface area contributed by atoms with Crippen LogP contribution in [0.15, 0.2) is 34.2 Å². The summed E-state index contributed by atoms with van der Waals surface area (Å²) in [6.45, 7) is 8.25. The molecule has 0 amide bonds. The Balaban J connectivity index is 2.75. The van der Waals surface area contributed by atoms with Gasteiger partial charge in [-0.2, -0.15) is 0 Å². The standard InChI is InChI=1S/C14H18N2OS/c1-9(2)16-13(17)11-7-5-6-8-12(11)15-14(16)18-10(3)4/h5-10H,1-4H3. The van der Waals surface area contributed by atoms with Crippen LogP contribution >= 0.6 is 11.8 Å². The Hall–Kier alpha value is -1.29. The quantitative estimate of drug-likeness (QED) is 0.627. The minimum atomic E-state index is 0.0544. The van der Waals surface area contributed by atoms with Crippen LogP contribution in [0.1, 0.15) is 33.7 Å². The molecule has 1 aromatic heterocycles. The predicted octanol–water partition coefficient (Wildman–Crippen LogP) is 3.48. The molecule has 0 aliphatic rings. The Labute approximate surface area is 111 Å². The van der Waals surface area contributed by atoms with Gasteiger partial charge in [-0.05, 0) is 26.0 Å². The van der Waals surface area contributed by atoms with Crippen molar-refractivity contribution in [3.05, 3.63) is 34.6 Å². The lowest BCUT2D eigenvalue weighted by Crippen LogP contribution is -2.25.